The summed E-state index contributed by atoms with van der Waals surface area (Å²) in [5, 5.41) is 13.9. The van der Waals surface area contributed by atoms with Gasteiger partial charge in [-0.1, -0.05) is 24.3 Å². The lowest BCUT2D eigenvalue weighted by molar-refractivity contribution is -0.139. The average molecular weight is 371 g/mol. The summed E-state index contributed by atoms with van der Waals surface area (Å²) in [6.45, 7) is 2.13. The van der Waals surface area contributed by atoms with Crippen molar-refractivity contribution in [2.24, 2.45) is 0 Å². The Kier molecular flexibility index (Phi) is 6.62. The van der Waals surface area contributed by atoms with Gasteiger partial charge in [-0.2, -0.15) is 0 Å². The molecule has 0 bridgehead atoms. The number of carbonyl (C=O) groups is 2. The fraction of sp³-hybridized carbons (Fsp3) is 0.400. The summed E-state index contributed by atoms with van der Waals surface area (Å²) in [7, 11) is 0. The van der Waals surface area contributed by atoms with Crippen molar-refractivity contribution in [3.05, 3.63) is 59.5 Å². The smallest absolute Gasteiger partial charge is 0.309 e. The van der Waals surface area contributed by atoms with E-state index in [4.69, 9.17) is 9.52 Å². The first-order valence-electron chi connectivity index (χ1n) is 9.20. The molecule has 144 valence electrons. The summed E-state index contributed by atoms with van der Waals surface area (Å²) in [6.07, 6.45) is 2.97. The fourth-order valence-electron chi connectivity index (χ4n) is 3.30. The molecule has 1 aliphatic rings. The zero-order valence-electron chi connectivity index (χ0n) is 15.2. The minimum atomic E-state index is -0.689. The van der Waals surface area contributed by atoms with Crippen molar-refractivity contribution in [1.82, 2.24) is 15.5 Å². The second kappa shape index (κ2) is 9.34. The molecule has 1 aromatic carbocycles. The van der Waals surface area contributed by atoms with Crippen LogP contribution in [0, 0.1) is 0 Å². The Labute approximate surface area is 158 Å². The molecule has 1 aliphatic heterocycles. The lowest BCUT2D eigenvalue weighted by Gasteiger charge is -2.34. The largest absolute Gasteiger partial charge is 0.468 e. The molecule has 1 aromatic heterocycles. The molecule has 0 saturated carbocycles. The molecule has 7 nitrogen and oxygen atoms in total. The van der Waals surface area contributed by atoms with E-state index < -0.39 is 11.8 Å². The third-order valence-corrected chi connectivity index (χ3v) is 4.76. The van der Waals surface area contributed by atoms with Gasteiger partial charge in [0, 0.05) is 32.8 Å². The number of benzene rings is 1. The highest BCUT2D eigenvalue weighted by Crippen LogP contribution is 2.27. The first-order valence-corrected chi connectivity index (χ1v) is 9.20. The first kappa shape index (κ1) is 19.1. The summed E-state index contributed by atoms with van der Waals surface area (Å²) in [5.74, 6) is -0.608. The molecule has 0 fully saturated rings. The molecule has 0 unspecified atom stereocenters. The number of nitrogens with zero attached hydrogens (tertiary/aromatic N) is 1. The molecule has 0 aliphatic carbocycles. The van der Waals surface area contributed by atoms with Crippen LogP contribution >= 0.6 is 0 Å². The van der Waals surface area contributed by atoms with Crippen LogP contribution in [-0.4, -0.2) is 48.1 Å². The van der Waals surface area contributed by atoms with E-state index in [1.54, 1.807) is 6.26 Å². The molecule has 2 heterocycles. The molecule has 0 radical (unpaired) electrons. The average Bonchev–Trinajstić information content (AvgIpc) is 3.22. The van der Waals surface area contributed by atoms with Gasteiger partial charge in [0.1, 0.15) is 5.76 Å². The Bertz CT molecular complexity index is 760. The Morgan fingerprint density at radius 3 is 2.63 bits per heavy atom. The molecule has 0 saturated heterocycles. The molecule has 7 heteroatoms. The maximum Gasteiger partial charge on any atom is 0.309 e. The monoisotopic (exact) mass is 371 g/mol. The molecule has 3 N–H and O–H groups in total. The summed E-state index contributed by atoms with van der Waals surface area (Å²) in [4.78, 5) is 26.1. The molecule has 0 spiro atoms. The number of rotatable bonds is 7. The molecule has 2 aromatic rings. The lowest BCUT2D eigenvalue weighted by atomic mass is 9.98. The third-order valence-electron chi connectivity index (χ3n) is 4.76. The number of nitrogens with one attached hydrogen (secondary N) is 2. The van der Waals surface area contributed by atoms with E-state index >= 15 is 0 Å². The molecule has 27 heavy (non-hydrogen) atoms. The molecular formula is C20H25N3O4. The highest BCUT2D eigenvalue weighted by molar-refractivity contribution is 6.35. The van der Waals surface area contributed by atoms with E-state index in [9.17, 15) is 9.59 Å². The Morgan fingerprint density at radius 2 is 1.89 bits per heavy atom. The highest BCUT2D eigenvalue weighted by Gasteiger charge is 2.27. The van der Waals surface area contributed by atoms with Crippen molar-refractivity contribution in [2.45, 2.75) is 25.4 Å². The Morgan fingerprint density at radius 1 is 1.11 bits per heavy atom. The quantitative estimate of drug-likeness (QED) is 0.498. The van der Waals surface area contributed by atoms with Gasteiger partial charge in [0.05, 0.1) is 12.3 Å². The number of carbonyl (C=O) groups excluding carboxylic acids is 2. The SMILES string of the molecule is O=C(NCCCO)C(=O)NC[C@@H](c1ccco1)N1CCc2ccccc2C1. The minimum absolute atomic E-state index is 0.0289. The van der Waals surface area contributed by atoms with Crippen molar-refractivity contribution < 1.29 is 19.1 Å². The molecular weight excluding hydrogens is 346 g/mol. The molecule has 3 rings (SSSR count). The Hall–Kier alpha value is -2.64. The van der Waals surface area contributed by atoms with E-state index in [2.05, 4.69) is 27.7 Å². The minimum Gasteiger partial charge on any atom is -0.468 e. The van der Waals surface area contributed by atoms with Gasteiger partial charge in [0.2, 0.25) is 0 Å². The van der Waals surface area contributed by atoms with E-state index in [0.29, 0.717) is 6.42 Å². The van der Waals surface area contributed by atoms with Crippen molar-refractivity contribution in [1.29, 1.82) is 0 Å². The van der Waals surface area contributed by atoms with Crippen LogP contribution in [0.25, 0.3) is 0 Å². The van der Waals surface area contributed by atoms with Crippen LogP contribution in [0.4, 0.5) is 0 Å². The number of hydrogen-bond acceptors (Lipinski definition) is 5. The fourth-order valence-corrected chi connectivity index (χ4v) is 3.30. The standard InChI is InChI=1S/C20H25N3O4/c24-11-4-9-21-19(25)20(26)22-13-17(18-7-3-12-27-18)23-10-8-15-5-1-2-6-16(15)14-23/h1-3,5-7,12,17,24H,4,8-11,13-14H2,(H,21,25)(H,22,26)/t17-/m0/s1. The van der Waals surface area contributed by atoms with Gasteiger partial charge >= 0.3 is 11.8 Å². The van der Waals surface area contributed by atoms with Crippen LogP contribution in [0.15, 0.2) is 47.1 Å². The highest BCUT2D eigenvalue weighted by atomic mass is 16.3. The van der Waals surface area contributed by atoms with Crippen LogP contribution in [0.5, 0.6) is 0 Å². The second-order valence-electron chi connectivity index (χ2n) is 6.56. The van der Waals surface area contributed by atoms with Crippen molar-refractivity contribution in [3.8, 4) is 0 Å². The summed E-state index contributed by atoms with van der Waals surface area (Å²) >= 11 is 0. The third kappa shape index (κ3) is 4.96. The van der Waals surface area contributed by atoms with Gasteiger partial charge in [-0.15, -0.1) is 0 Å². The van der Waals surface area contributed by atoms with Gasteiger partial charge in [-0.3, -0.25) is 14.5 Å². The van der Waals surface area contributed by atoms with Gasteiger partial charge < -0.3 is 20.2 Å². The van der Waals surface area contributed by atoms with Crippen LogP contribution in [-0.2, 0) is 22.6 Å². The van der Waals surface area contributed by atoms with Gasteiger partial charge in [-0.25, -0.2) is 0 Å². The van der Waals surface area contributed by atoms with Gasteiger partial charge in [-0.05, 0) is 36.1 Å². The van der Waals surface area contributed by atoms with Crippen molar-refractivity contribution in [3.63, 3.8) is 0 Å². The number of aliphatic hydroxyl groups is 1. The van der Waals surface area contributed by atoms with Crippen LogP contribution in [0.1, 0.15) is 29.3 Å². The summed E-state index contributed by atoms with van der Waals surface area (Å²) in [5.41, 5.74) is 2.62. The maximum atomic E-state index is 12.1. The molecule has 2 amide bonds. The zero-order valence-corrected chi connectivity index (χ0v) is 15.2. The molecule has 1 atom stereocenters. The van der Waals surface area contributed by atoms with E-state index in [1.165, 1.54) is 11.1 Å². The van der Waals surface area contributed by atoms with E-state index in [1.807, 2.05) is 24.3 Å². The first-order chi connectivity index (χ1) is 13.2. The van der Waals surface area contributed by atoms with Crippen LogP contribution in [0.2, 0.25) is 0 Å². The summed E-state index contributed by atoms with van der Waals surface area (Å²) < 4.78 is 5.59. The van der Waals surface area contributed by atoms with Crippen LogP contribution in [0.3, 0.4) is 0 Å². The van der Waals surface area contributed by atoms with E-state index in [-0.39, 0.29) is 25.7 Å². The predicted molar refractivity (Wildman–Crippen MR) is 99.7 cm³/mol. The van der Waals surface area contributed by atoms with Crippen molar-refractivity contribution in [2.75, 3.05) is 26.2 Å². The second-order valence-corrected chi connectivity index (χ2v) is 6.56. The maximum absolute atomic E-state index is 12.1. The summed E-state index contributed by atoms with van der Waals surface area (Å²) in [6, 6.07) is 11.9. The number of fused-ring (bicyclic) bond motifs is 1. The number of amides is 2. The number of hydrogen-bond donors (Lipinski definition) is 3. The topological polar surface area (TPSA) is 94.8 Å². The Balaban J connectivity index is 1.63. The van der Waals surface area contributed by atoms with E-state index in [0.717, 1.165) is 25.3 Å². The zero-order chi connectivity index (χ0) is 19.1. The van der Waals surface area contributed by atoms with Crippen LogP contribution < -0.4 is 10.6 Å². The van der Waals surface area contributed by atoms with Gasteiger partial charge in [0.15, 0.2) is 0 Å². The number of aliphatic hydroxyl groups excluding tert-OH is 1. The van der Waals surface area contributed by atoms with Crippen molar-refractivity contribution >= 4 is 11.8 Å². The normalized spacial score (nSPS) is 15.0. The van der Waals surface area contributed by atoms with Gasteiger partial charge in [0.25, 0.3) is 0 Å². The lowest BCUT2D eigenvalue weighted by Crippen LogP contribution is -2.45. The predicted octanol–water partition coefficient (Wildman–Crippen LogP) is 0.994. The number of furan rings is 1.